The van der Waals surface area contributed by atoms with Crippen LogP contribution >= 0.6 is 0 Å². The molecule has 21 heavy (non-hydrogen) atoms. The number of benzene rings is 1. The van der Waals surface area contributed by atoms with E-state index in [2.05, 4.69) is 40.8 Å². The summed E-state index contributed by atoms with van der Waals surface area (Å²) in [7, 11) is 0. The summed E-state index contributed by atoms with van der Waals surface area (Å²) in [6.45, 7) is 1.16. The Hall–Kier alpha value is -2.34. The van der Waals surface area contributed by atoms with Crippen molar-refractivity contribution in [3.63, 3.8) is 0 Å². The lowest BCUT2D eigenvalue weighted by Crippen LogP contribution is -2.26. The summed E-state index contributed by atoms with van der Waals surface area (Å²) < 4.78 is 0. The number of carboxylic acid groups (broad SMARTS) is 2. The predicted octanol–water partition coefficient (Wildman–Crippen LogP) is 2.14. The molecule has 3 rings (SSSR count). The monoisotopic (exact) mass is 290 g/mol. The van der Waals surface area contributed by atoms with Crippen LogP contribution in [0.4, 0.5) is 0 Å². The lowest BCUT2D eigenvalue weighted by molar-refractivity contribution is -0.159. The van der Waals surface area contributed by atoms with Gasteiger partial charge in [0, 0.05) is 23.1 Å². The van der Waals surface area contributed by atoms with Gasteiger partial charge in [0.15, 0.2) is 0 Å². The van der Waals surface area contributed by atoms with Crippen LogP contribution in [0.2, 0.25) is 0 Å². The second-order valence-corrected chi connectivity index (χ2v) is 4.90. The first-order valence-corrected chi connectivity index (χ1v) is 6.85. The van der Waals surface area contributed by atoms with Crippen LogP contribution in [0.15, 0.2) is 30.5 Å². The summed E-state index contributed by atoms with van der Waals surface area (Å²) in [5, 5.41) is 19.7. The Bertz CT molecular complexity index is 617. The molecule has 6 nitrogen and oxygen atoms in total. The molecular formula is C15H18N2O4. The SMILES string of the molecule is O=C(O)C(=O)O.c1ccc2c(C3CCCCN3)c[nH]c2c1. The highest BCUT2D eigenvalue weighted by Gasteiger charge is 2.17. The molecule has 1 fully saturated rings. The largest absolute Gasteiger partial charge is 0.473 e. The maximum absolute atomic E-state index is 9.10. The van der Waals surface area contributed by atoms with Gasteiger partial charge in [-0.05, 0) is 31.0 Å². The van der Waals surface area contributed by atoms with E-state index in [0.29, 0.717) is 6.04 Å². The van der Waals surface area contributed by atoms with E-state index in [0.717, 1.165) is 6.54 Å². The summed E-state index contributed by atoms with van der Waals surface area (Å²) in [4.78, 5) is 21.5. The van der Waals surface area contributed by atoms with E-state index < -0.39 is 11.9 Å². The van der Waals surface area contributed by atoms with Crippen molar-refractivity contribution in [2.75, 3.05) is 6.54 Å². The van der Waals surface area contributed by atoms with E-state index in [9.17, 15) is 0 Å². The Labute approximate surface area is 121 Å². The molecule has 6 heteroatoms. The van der Waals surface area contributed by atoms with Gasteiger partial charge in [0.25, 0.3) is 0 Å². The third-order valence-electron chi connectivity index (χ3n) is 3.49. The second-order valence-electron chi connectivity index (χ2n) is 4.90. The van der Waals surface area contributed by atoms with Crippen molar-refractivity contribution in [1.29, 1.82) is 0 Å². The number of aromatic amines is 1. The van der Waals surface area contributed by atoms with Crippen LogP contribution < -0.4 is 5.32 Å². The third kappa shape index (κ3) is 3.82. The Balaban J connectivity index is 0.000000232. The van der Waals surface area contributed by atoms with Gasteiger partial charge < -0.3 is 20.5 Å². The topological polar surface area (TPSA) is 102 Å². The number of hydrogen-bond donors (Lipinski definition) is 4. The molecule has 1 aromatic carbocycles. The Kier molecular flexibility index (Phi) is 4.94. The van der Waals surface area contributed by atoms with E-state index in [-0.39, 0.29) is 0 Å². The molecule has 1 aliphatic heterocycles. The predicted molar refractivity (Wildman–Crippen MR) is 78.2 cm³/mol. The number of para-hydroxylation sites is 1. The maximum Gasteiger partial charge on any atom is 0.414 e. The zero-order valence-corrected chi connectivity index (χ0v) is 11.5. The van der Waals surface area contributed by atoms with Gasteiger partial charge in [0.05, 0.1) is 0 Å². The van der Waals surface area contributed by atoms with Crippen LogP contribution in [0.3, 0.4) is 0 Å². The molecule has 2 aromatic rings. The van der Waals surface area contributed by atoms with Gasteiger partial charge in [0.2, 0.25) is 0 Å². The highest BCUT2D eigenvalue weighted by Crippen LogP contribution is 2.28. The van der Waals surface area contributed by atoms with Gasteiger partial charge in [-0.1, -0.05) is 24.6 Å². The minimum absolute atomic E-state index is 0.551. The number of piperidine rings is 1. The molecule has 112 valence electrons. The minimum Gasteiger partial charge on any atom is -0.473 e. The lowest BCUT2D eigenvalue weighted by atomic mass is 9.97. The normalized spacial score (nSPS) is 17.8. The number of fused-ring (bicyclic) bond motifs is 1. The fraction of sp³-hybridized carbons (Fsp3) is 0.333. The molecular weight excluding hydrogens is 272 g/mol. The number of carbonyl (C=O) groups is 2. The molecule has 1 atom stereocenters. The fourth-order valence-corrected chi connectivity index (χ4v) is 2.50. The molecule has 0 amide bonds. The molecule has 0 spiro atoms. The number of nitrogens with one attached hydrogen (secondary N) is 2. The van der Waals surface area contributed by atoms with Crippen LogP contribution in [-0.4, -0.2) is 33.7 Å². The first-order valence-electron chi connectivity index (χ1n) is 6.85. The average molecular weight is 290 g/mol. The van der Waals surface area contributed by atoms with Crippen molar-refractivity contribution in [1.82, 2.24) is 10.3 Å². The number of aromatic nitrogens is 1. The first-order chi connectivity index (χ1) is 10.1. The Morgan fingerprint density at radius 2 is 1.81 bits per heavy atom. The van der Waals surface area contributed by atoms with Crippen LogP contribution in [0.5, 0.6) is 0 Å². The van der Waals surface area contributed by atoms with Crippen molar-refractivity contribution in [2.45, 2.75) is 25.3 Å². The van der Waals surface area contributed by atoms with Crippen LogP contribution in [0.25, 0.3) is 10.9 Å². The summed E-state index contributed by atoms with van der Waals surface area (Å²) in [5.41, 5.74) is 2.69. The van der Waals surface area contributed by atoms with E-state index >= 15 is 0 Å². The van der Waals surface area contributed by atoms with Gasteiger partial charge in [0.1, 0.15) is 0 Å². The summed E-state index contributed by atoms with van der Waals surface area (Å²) in [5.74, 6) is -3.65. The Morgan fingerprint density at radius 3 is 2.43 bits per heavy atom. The van der Waals surface area contributed by atoms with Crippen molar-refractivity contribution in [3.8, 4) is 0 Å². The molecule has 0 aliphatic carbocycles. The van der Waals surface area contributed by atoms with Crippen molar-refractivity contribution in [3.05, 3.63) is 36.0 Å². The second kappa shape index (κ2) is 6.90. The summed E-state index contributed by atoms with van der Waals surface area (Å²) in [6, 6.07) is 9.09. The van der Waals surface area contributed by atoms with Crippen molar-refractivity contribution < 1.29 is 19.8 Å². The number of carboxylic acids is 2. The molecule has 4 N–H and O–H groups in total. The molecule has 2 heterocycles. The van der Waals surface area contributed by atoms with E-state index in [1.165, 1.54) is 35.7 Å². The van der Waals surface area contributed by atoms with Crippen molar-refractivity contribution >= 4 is 22.8 Å². The van der Waals surface area contributed by atoms with Crippen LogP contribution in [0, 0.1) is 0 Å². The van der Waals surface area contributed by atoms with Crippen molar-refractivity contribution in [2.24, 2.45) is 0 Å². The minimum atomic E-state index is -1.82. The fourth-order valence-electron chi connectivity index (χ4n) is 2.50. The van der Waals surface area contributed by atoms with Gasteiger partial charge in [-0.15, -0.1) is 0 Å². The molecule has 1 aliphatic rings. The quantitative estimate of drug-likeness (QED) is 0.603. The standard InChI is InChI=1S/C13H16N2.C2H2O4/c1-2-6-12-10(5-1)11(9-15-12)13-7-3-4-8-14-13;3-1(4)2(5)6/h1-2,5-6,9,13-15H,3-4,7-8H2;(H,3,4)(H,5,6). The van der Waals surface area contributed by atoms with Gasteiger partial charge >= 0.3 is 11.9 Å². The van der Waals surface area contributed by atoms with Gasteiger partial charge in [-0.25, -0.2) is 9.59 Å². The van der Waals surface area contributed by atoms with E-state index in [1.54, 1.807) is 0 Å². The van der Waals surface area contributed by atoms with E-state index in [4.69, 9.17) is 19.8 Å². The van der Waals surface area contributed by atoms with Gasteiger partial charge in [-0.2, -0.15) is 0 Å². The molecule has 0 saturated carbocycles. The molecule has 1 saturated heterocycles. The average Bonchev–Trinajstić information content (AvgIpc) is 2.92. The maximum atomic E-state index is 9.10. The zero-order valence-electron chi connectivity index (χ0n) is 11.5. The number of aliphatic carboxylic acids is 2. The van der Waals surface area contributed by atoms with Gasteiger partial charge in [-0.3, -0.25) is 0 Å². The third-order valence-corrected chi connectivity index (χ3v) is 3.49. The van der Waals surface area contributed by atoms with Crippen LogP contribution in [-0.2, 0) is 9.59 Å². The highest BCUT2D eigenvalue weighted by molar-refractivity contribution is 6.27. The number of H-pyrrole nitrogens is 1. The highest BCUT2D eigenvalue weighted by atomic mass is 16.4. The number of hydrogen-bond acceptors (Lipinski definition) is 3. The lowest BCUT2D eigenvalue weighted by Gasteiger charge is -2.23. The molecule has 0 bridgehead atoms. The first kappa shape index (κ1) is 15.1. The molecule has 1 unspecified atom stereocenters. The number of rotatable bonds is 1. The van der Waals surface area contributed by atoms with Crippen LogP contribution in [0.1, 0.15) is 30.9 Å². The smallest absolute Gasteiger partial charge is 0.414 e. The summed E-state index contributed by atoms with van der Waals surface area (Å²) in [6.07, 6.45) is 6.09. The summed E-state index contributed by atoms with van der Waals surface area (Å²) >= 11 is 0. The zero-order chi connectivity index (χ0) is 15.2. The van der Waals surface area contributed by atoms with E-state index in [1.807, 2.05) is 0 Å². The molecule has 0 radical (unpaired) electrons. The Morgan fingerprint density at radius 1 is 1.10 bits per heavy atom. The molecule has 1 aromatic heterocycles.